The molecule has 2 unspecified atom stereocenters. The van der Waals surface area contributed by atoms with Gasteiger partial charge in [0, 0.05) is 18.4 Å². The Morgan fingerprint density at radius 1 is 0.722 bits per heavy atom. The summed E-state index contributed by atoms with van der Waals surface area (Å²) in [6.07, 6.45) is 2.24. The van der Waals surface area contributed by atoms with Crippen molar-refractivity contribution in [2.75, 3.05) is 16.8 Å². The van der Waals surface area contributed by atoms with Gasteiger partial charge in [-0.2, -0.15) is 0 Å². The summed E-state index contributed by atoms with van der Waals surface area (Å²) in [7, 11) is 1.99. The highest BCUT2D eigenvalue weighted by Gasteiger charge is 2.20. The number of hydrogen-bond acceptors (Lipinski definition) is 1. The summed E-state index contributed by atoms with van der Waals surface area (Å²) in [5, 5.41) is 9.22. The van der Waals surface area contributed by atoms with Gasteiger partial charge in [-0.25, -0.2) is 0 Å². The van der Waals surface area contributed by atoms with Crippen LogP contribution in [0.3, 0.4) is 0 Å². The first-order chi connectivity index (χ1) is 17.0. The van der Waals surface area contributed by atoms with Crippen LogP contribution in [0.5, 0.6) is 0 Å². The first kappa shape index (κ1) is 27.5. The van der Waals surface area contributed by atoms with Crippen molar-refractivity contribution in [1.29, 1.82) is 5.41 Å². The van der Waals surface area contributed by atoms with Crippen LogP contribution in [-0.2, 0) is 12.0 Å². The summed E-state index contributed by atoms with van der Waals surface area (Å²) < 4.78 is 0. The molecule has 1 N–H and O–H groups in total. The minimum atomic E-state index is 0.123. The number of nitrogens with one attached hydrogen (secondary N) is 1. The van der Waals surface area contributed by atoms with Crippen molar-refractivity contribution in [3.63, 3.8) is 0 Å². The zero-order valence-electron chi connectivity index (χ0n) is 23.6. The fraction of sp³-hybridized carbons (Fsp3) is 0.424. The van der Waals surface area contributed by atoms with Crippen molar-refractivity contribution in [2.24, 2.45) is 0 Å². The summed E-state index contributed by atoms with van der Waals surface area (Å²) in [6.45, 7) is 16.3. The van der Waals surface area contributed by atoms with Crippen LogP contribution in [0.15, 0.2) is 72.8 Å². The number of benzene rings is 3. The van der Waals surface area contributed by atoms with Crippen LogP contribution in [0.25, 0.3) is 0 Å². The molecular formula is C33H45N3. The van der Waals surface area contributed by atoms with E-state index >= 15 is 0 Å². The predicted octanol–water partition coefficient (Wildman–Crippen LogP) is 9.09. The molecule has 0 aliphatic carbocycles. The van der Waals surface area contributed by atoms with Gasteiger partial charge in [0.05, 0.1) is 6.54 Å². The largest absolute Gasteiger partial charge is 0.316 e. The number of guanidine groups is 1. The van der Waals surface area contributed by atoms with Gasteiger partial charge in [0.25, 0.3) is 0 Å². The minimum Gasteiger partial charge on any atom is -0.316 e. The third kappa shape index (κ3) is 6.57. The highest BCUT2D eigenvalue weighted by Crippen LogP contribution is 2.28. The van der Waals surface area contributed by atoms with Crippen LogP contribution in [-0.4, -0.2) is 13.0 Å². The molecule has 0 radical (unpaired) electrons. The lowest BCUT2D eigenvalue weighted by Gasteiger charge is -2.32. The maximum atomic E-state index is 9.22. The molecule has 0 aliphatic heterocycles. The molecule has 0 aliphatic rings. The fourth-order valence-corrected chi connectivity index (χ4v) is 4.37. The molecular weight excluding hydrogens is 438 g/mol. The zero-order valence-corrected chi connectivity index (χ0v) is 23.6. The second-order valence-electron chi connectivity index (χ2n) is 11.2. The Labute approximate surface area is 219 Å². The molecule has 0 heterocycles. The van der Waals surface area contributed by atoms with Crippen LogP contribution >= 0.6 is 0 Å². The number of nitrogens with zero attached hydrogens (tertiary/aromatic N) is 2. The van der Waals surface area contributed by atoms with Crippen molar-refractivity contribution in [2.45, 2.75) is 85.1 Å². The molecule has 36 heavy (non-hydrogen) atoms. The Morgan fingerprint density at radius 3 is 1.58 bits per heavy atom. The van der Waals surface area contributed by atoms with Crippen molar-refractivity contribution in [3.05, 3.63) is 95.1 Å². The third-order valence-electron chi connectivity index (χ3n) is 7.58. The highest BCUT2D eigenvalue weighted by atomic mass is 15.4. The number of anilines is 2. The van der Waals surface area contributed by atoms with Crippen molar-refractivity contribution < 1.29 is 0 Å². The molecule has 0 saturated carbocycles. The molecule has 2 atom stereocenters. The van der Waals surface area contributed by atoms with Crippen LogP contribution in [0, 0.1) is 5.41 Å². The Bertz CT molecular complexity index is 1110. The Balaban J connectivity index is 1.92. The summed E-state index contributed by atoms with van der Waals surface area (Å²) in [5.74, 6) is 1.53. The van der Waals surface area contributed by atoms with Crippen molar-refractivity contribution in [3.8, 4) is 0 Å². The highest BCUT2D eigenvalue weighted by molar-refractivity contribution is 6.04. The van der Waals surface area contributed by atoms with E-state index in [-0.39, 0.29) is 5.41 Å². The summed E-state index contributed by atoms with van der Waals surface area (Å²) >= 11 is 0. The molecule has 0 aromatic heterocycles. The zero-order chi connectivity index (χ0) is 26.5. The molecule has 192 valence electrons. The molecule has 0 bridgehead atoms. The Morgan fingerprint density at radius 2 is 1.17 bits per heavy atom. The van der Waals surface area contributed by atoms with E-state index in [4.69, 9.17) is 0 Å². The topological polar surface area (TPSA) is 30.3 Å². The second-order valence-corrected chi connectivity index (χ2v) is 11.2. The molecule has 0 fully saturated rings. The second kappa shape index (κ2) is 11.8. The lowest BCUT2D eigenvalue weighted by atomic mass is 9.87. The first-order valence-electron chi connectivity index (χ1n) is 13.4. The Kier molecular flexibility index (Phi) is 9.00. The lowest BCUT2D eigenvalue weighted by Crippen LogP contribution is -2.41. The molecule has 3 rings (SSSR count). The van der Waals surface area contributed by atoms with E-state index < -0.39 is 0 Å². The van der Waals surface area contributed by atoms with E-state index in [9.17, 15) is 5.41 Å². The van der Waals surface area contributed by atoms with Crippen LogP contribution in [0.4, 0.5) is 11.4 Å². The quantitative estimate of drug-likeness (QED) is 0.256. The van der Waals surface area contributed by atoms with E-state index in [1.165, 1.54) is 22.3 Å². The van der Waals surface area contributed by atoms with Gasteiger partial charge in [-0.1, -0.05) is 97.0 Å². The van der Waals surface area contributed by atoms with E-state index in [2.05, 4.69) is 126 Å². The van der Waals surface area contributed by atoms with E-state index in [0.29, 0.717) is 24.3 Å². The van der Waals surface area contributed by atoms with E-state index in [1.807, 2.05) is 11.9 Å². The summed E-state index contributed by atoms with van der Waals surface area (Å²) in [4.78, 5) is 4.08. The van der Waals surface area contributed by atoms with Crippen molar-refractivity contribution in [1.82, 2.24) is 0 Å². The third-order valence-corrected chi connectivity index (χ3v) is 7.58. The minimum absolute atomic E-state index is 0.123. The van der Waals surface area contributed by atoms with Gasteiger partial charge in [0.15, 0.2) is 0 Å². The SMILES string of the molecule is CCC(C)c1ccc(N(C)C(=N)N(Cc2ccc(C(C)(C)C)cc2)c2ccc(C(C)CC)cc2)cc1. The predicted molar refractivity (Wildman–Crippen MR) is 158 cm³/mol. The van der Waals surface area contributed by atoms with Crippen molar-refractivity contribution >= 4 is 17.3 Å². The normalized spacial score (nSPS) is 13.2. The van der Waals surface area contributed by atoms with Gasteiger partial charge in [-0.05, 0) is 76.6 Å². The molecule has 3 aromatic carbocycles. The van der Waals surface area contributed by atoms with Crippen LogP contribution in [0.2, 0.25) is 0 Å². The fourth-order valence-electron chi connectivity index (χ4n) is 4.37. The van der Waals surface area contributed by atoms with Gasteiger partial charge in [0.2, 0.25) is 5.96 Å². The molecule has 3 nitrogen and oxygen atoms in total. The van der Waals surface area contributed by atoms with Gasteiger partial charge >= 0.3 is 0 Å². The Hall–Kier alpha value is -3.07. The van der Waals surface area contributed by atoms with Crippen LogP contribution < -0.4 is 9.80 Å². The van der Waals surface area contributed by atoms with Crippen LogP contribution in [0.1, 0.15) is 95.4 Å². The number of hydrogen-bond donors (Lipinski definition) is 1. The van der Waals surface area contributed by atoms with Gasteiger partial charge in [-0.3, -0.25) is 5.41 Å². The molecule has 0 amide bonds. The van der Waals surface area contributed by atoms with E-state index in [0.717, 1.165) is 24.2 Å². The van der Waals surface area contributed by atoms with E-state index in [1.54, 1.807) is 0 Å². The maximum absolute atomic E-state index is 9.22. The smallest absolute Gasteiger partial charge is 0.202 e. The van der Waals surface area contributed by atoms with Gasteiger partial charge in [0.1, 0.15) is 0 Å². The molecule has 3 heteroatoms. The monoisotopic (exact) mass is 483 g/mol. The van der Waals surface area contributed by atoms with Gasteiger partial charge < -0.3 is 9.80 Å². The molecule has 0 spiro atoms. The average molecular weight is 484 g/mol. The first-order valence-corrected chi connectivity index (χ1v) is 13.4. The maximum Gasteiger partial charge on any atom is 0.202 e. The summed E-state index contributed by atoms with van der Waals surface area (Å²) in [5.41, 5.74) is 7.39. The van der Waals surface area contributed by atoms with Gasteiger partial charge in [-0.15, -0.1) is 0 Å². The average Bonchev–Trinajstić information content (AvgIpc) is 2.90. The standard InChI is InChI=1S/C33H45N3/c1-9-24(3)27-13-19-30(20-14-27)35(8)32(34)36(31-21-15-28(16-22-31)25(4)10-2)23-26-11-17-29(18-12-26)33(5,6)7/h11-22,24-25,34H,9-10,23H2,1-8H3. The number of rotatable bonds is 8. The lowest BCUT2D eigenvalue weighted by molar-refractivity contribution is 0.590. The molecule has 0 saturated heterocycles. The summed E-state index contributed by atoms with van der Waals surface area (Å²) in [6, 6.07) is 26.3. The molecule has 3 aromatic rings.